The molecule has 4 rings (SSSR count). The first-order valence-electron chi connectivity index (χ1n) is 11.6. The molecule has 0 unspecified atom stereocenters. The van der Waals surface area contributed by atoms with Crippen molar-refractivity contribution in [2.75, 3.05) is 13.7 Å². The third kappa shape index (κ3) is 6.27. The van der Waals surface area contributed by atoms with Gasteiger partial charge in [0, 0.05) is 32.9 Å². The van der Waals surface area contributed by atoms with Crippen molar-refractivity contribution >= 4 is 19.0 Å². The van der Waals surface area contributed by atoms with E-state index in [1.54, 1.807) is 25.4 Å². The summed E-state index contributed by atoms with van der Waals surface area (Å²) in [5, 5.41) is 4.70. The number of benzene rings is 1. The van der Waals surface area contributed by atoms with Gasteiger partial charge in [-0.3, -0.25) is 4.79 Å². The van der Waals surface area contributed by atoms with Crippen LogP contribution >= 0.6 is 0 Å². The monoisotopic (exact) mass is 507 g/mol. The lowest BCUT2D eigenvalue weighted by Gasteiger charge is -2.15. The average Bonchev–Trinajstić information content (AvgIpc) is 3.52. The van der Waals surface area contributed by atoms with E-state index >= 15 is 0 Å². The SMILES string of the molecule is COCc1c(-c2ccc(OC(F)F)c(OC3CC3)c2)[nH]c2cnn(COCC[Si](C)(C)C)c(=O)c12. The van der Waals surface area contributed by atoms with Gasteiger partial charge in [-0.05, 0) is 37.1 Å². The van der Waals surface area contributed by atoms with E-state index in [0.29, 0.717) is 34.3 Å². The highest BCUT2D eigenvalue weighted by atomic mass is 28.3. The number of methoxy groups -OCH3 is 1. The van der Waals surface area contributed by atoms with Crippen LogP contribution in [0.15, 0.2) is 29.2 Å². The van der Waals surface area contributed by atoms with Crippen molar-refractivity contribution in [3.05, 3.63) is 40.3 Å². The number of aromatic nitrogens is 3. The fraction of sp³-hybridized carbons (Fsp3) is 0.500. The Morgan fingerprint density at radius 1 is 1.23 bits per heavy atom. The lowest BCUT2D eigenvalue weighted by Crippen LogP contribution is -2.26. The normalized spacial score (nSPS) is 14.1. The van der Waals surface area contributed by atoms with E-state index in [4.69, 9.17) is 14.2 Å². The zero-order valence-corrected chi connectivity index (χ0v) is 21.4. The molecule has 0 spiro atoms. The van der Waals surface area contributed by atoms with Crippen LogP contribution in [0.2, 0.25) is 25.7 Å². The highest BCUT2D eigenvalue weighted by Gasteiger charge is 2.26. The Balaban J connectivity index is 1.69. The lowest BCUT2D eigenvalue weighted by molar-refractivity contribution is -0.0516. The summed E-state index contributed by atoms with van der Waals surface area (Å²) in [4.78, 5) is 16.5. The Morgan fingerprint density at radius 3 is 2.66 bits per heavy atom. The first-order valence-corrected chi connectivity index (χ1v) is 15.3. The van der Waals surface area contributed by atoms with Gasteiger partial charge >= 0.3 is 6.61 Å². The molecular formula is C24H31F2N3O5Si. The molecule has 35 heavy (non-hydrogen) atoms. The van der Waals surface area contributed by atoms with Crippen LogP contribution in [-0.2, 0) is 22.8 Å². The summed E-state index contributed by atoms with van der Waals surface area (Å²) in [6, 6.07) is 5.73. The second kappa shape index (κ2) is 10.5. The van der Waals surface area contributed by atoms with Crippen LogP contribution in [-0.4, -0.2) is 49.3 Å². The van der Waals surface area contributed by atoms with Gasteiger partial charge in [0.2, 0.25) is 0 Å². The van der Waals surface area contributed by atoms with Crippen LogP contribution in [0.1, 0.15) is 18.4 Å². The molecule has 0 aliphatic heterocycles. The summed E-state index contributed by atoms with van der Waals surface area (Å²) in [5.41, 5.74) is 2.18. The number of ether oxygens (including phenoxy) is 4. The zero-order valence-electron chi connectivity index (χ0n) is 20.4. The van der Waals surface area contributed by atoms with E-state index in [1.165, 1.54) is 10.7 Å². The van der Waals surface area contributed by atoms with Crippen molar-refractivity contribution in [1.82, 2.24) is 14.8 Å². The van der Waals surface area contributed by atoms with Crippen molar-refractivity contribution in [2.45, 2.75) is 64.6 Å². The van der Waals surface area contributed by atoms with Crippen molar-refractivity contribution in [3.63, 3.8) is 0 Å². The number of fused-ring (bicyclic) bond motifs is 1. The molecule has 0 amide bonds. The Morgan fingerprint density at radius 2 is 2.00 bits per heavy atom. The molecule has 1 aliphatic rings. The smallest absolute Gasteiger partial charge is 0.387 e. The van der Waals surface area contributed by atoms with E-state index in [-0.39, 0.29) is 36.5 Å². The molecule has 1 N–H and O–H groups in total. The zero-order chi connectivity index (χ0) is 25.2. The predicted octanol–water partition coefficient (Wildman–Crippen LogP) is 4.99. The minimum atomic E-state index is -2.96. The minimum absolute atomic E-state index is 0.0104. The molecule has 2 heterocycles. The molecule has 1 fully saturated rings. The molecule has 1 aromatic carbocycles. The summed E-state index contributed by atoms with van der Waals surface area (Å²) in [5.74, 6) is 0.207. The quantitative estimate of drug-likeness (QED) is 0.274. The van der Waals surface area contributed by atoms with Crippen LogP contribution in [0.5, 0.6) is 11.5 Å². The summed E-state index contributed by atoms with van der Waals surface area (Å²) in [7, 11) is 0.299. The molecule has 3 aromatic rings. The van der Waals surface area contributed by atoms with Crippen molar-refractivity contribution in [1.29, 1.82) is 0 Å². The van der Waals surface area contributed by atoms with Gasteiger partial charge < -0.3 is 23.9 Å². The first kappa shape index (κ1) is 25.3. The molecule has 1 saturated carbocycles. The van der Waals surface area contributed by atoms with Gasteiger partial charge in [0.05, 0.1) is 35.5 Å². The number of halogens is 2. The predicted molar refractivity (Wildman–Crippen MR) is 131 cm³/mol. The van der Waals surface area contributed by atoms with E-state index < -0.39 is 14.7 Å². The molecule has 0 saturated heterocycles. The number of hydrogen-bond acceptors (Lipinski definition) is 6. The van der Waals surface area contributed by atoms with Crippen molar-refractivity contribution in [2.24, 2.45) is 0 Å². The largest absolute Gasteiger partial charge is 0.487 e. The number of rotatable bonds is 12. The molecular weight excluding hydrogens is 476 g/mol. The van der Waals surface area contributed by atoms with Crippen molar-refractivity contribution in [3.8, 4) is 22.8 Å². The maximum atomic E-state index is 13.3. The van der Waals surface area contributed by atoms with Crippen LogP contribution in [0.25, 0.3) is 22.2 Å². The number of nitrogens with one attached hydrogen (secondary N) is 1. The minimum Gasteiger partial charge on any atom is -0.487 e. The maximum Gasteiger partial charge on any atom is 0.387 e. The number of aromatic amines is 1. The van der Waals surface area contributed by atoms with Gasteiger partial charge in [0.1, 0.15) is 6.73 Å². The first-order chi connectivity index (χ1) is 16.7. The Kier molecular flexibility index (Phi) is 7.58. The van der Waals surface area contributed by atoms with E-state index in [1.807, 2.05) is 0 Å². The number of alkyl halides is 2. The summed E-state index contributed by atoms with van der Waals surface area (Å²) < 4.78 is 48.6. The fourth-order valence-electron chi connectivity index (χ4n) is 3.68. The Hall–Kier alpha value is -2.76. The fourth-order valence-corrected chi connectivity index (χ4v) is 4.44. The topological polar surface area (TPSA) is 87.6 Å². The van der Waals surface area contributed by atoms with Gasteiger partial charge in [-0.25, -0.2) is 4.68 Å². The standard InChI is InChI=1S/C24H31F2N3O5Si/c1-31-13-17-21-18(12-27-29(23(21)30)14-32-9-10-35(2,3)4)28-22(17)15-5-8-19(34-24(25)26)20(11-15)33-16-6-7-16/h5,8,11-12,16,24,28H,6-7,9-10,13-14H2,1-4H3. The third-order valence-corrected chi connectivity index (χ3v) is 7.38. The number of nitrogens with zero attached hydrogens (tertiary/aromatic N) is 2. The second-order valence-corrected chi connectivity index (χ2v) is 15.5. The summed E-state index contributed by atoms with van der Waals surface area (Å²) in [6.45, 7) is 4.62. The van der Waals surface area contributed by atoms with Gasteiger partial charge in [-0.15, -0.1) is 0 Å². The molecule has 0 bridgehead atoms. The van der Waals surface area contributed by atoms with Crippen LogP contribution in [0.3, 0.4) is 0 Å². The lowest BCUT2D eigenvalue weighted by atomic mass is 10.1. The van der Waals surface area contributed by atoms with Gasteiger partial charge in [0.15, 0.2) is 11.5 Å². The molecule has 2 aromatic heterocycles. The Labute approximate surface area is 203 Å². The van der Waals surface area contributed by atoms with Crippen molar-refractivity contribution < 1.29 is 27.7 Å². The molecule has 1 aliphatic carbocycles. The summed E-state index contributed by atoms with van der Waals surface area (Å²) >= 11 is 0. The molecule has 190 valence electrons. The Bertz CT molecular complexity index is 1230. The third-order valence-electron chi connectivity index (χ3n) is 5.67. The highest BCUT2D eigenvalue weighted by molar-refractivity contribution is 6.76. The molecule has 0 radical (unpaired) electrons. The van der Waals surface area contributed by atoms with Crippen LogP contribution in [0.4, 0.5) is 8.78 Å². The highest BCUT2D eigenvalue weighted by Crippen LogP contribution is 2.39. The summed E-state index contributed by atoms with van der Waals surface area (Å²) in [6.07, 6.45) is 3.30. The van der Waals surface area contributed by atoms with Gasteiger partial charge in [-0.2, -0.15) is 13.9 Å². The molecule has 11 heteroatoms. The van der Waals surface area contributed by atoms with E-state index in [2.05, 4.69) is 34.5 Å². The maximum absolute atomic E-state index is 13.3. The number of H-pyrrole nitrogens is 1. The second-order valence-electron chi connectivity index (χ2n) is 9.85. The number of hydrogen-bond donors (Lipinski definition) is 1. The van der Waals surface area contributed by atoms with E-state index in [0.717, 1.165) is 18.9 Å². The van der Waals surface area contributed by atoms with Gasteiger partial charge in [-0.1, -0.05) is 19.6 Å². The van der Waals surface area contributed by atoms with Crippen LogP contribution in [0, 0.1) is 0 Å². The van der Waals surface area contributed by atoms with E-state index in [9.17, 15) is 13.6 Å². The average molecular weight is 508 g/mol. The van der Waals surface area contributed by atoms with Gasteiger partial charge in [0.25, 0.3) is 5.56 Å². The molecule has 8 nitrogen and oxygen atoms in total. The molecule has 0 atom stereocenters. The van der Waals surface area contributed by atoms with Crippen LogP contribution < -0.4 is 15.0 Å².